The maximum absolute atomic E-state index is 5.74. The molecule has 1 N–H and O–H groups in total. The molecule has 1 fully saturated rings. The zero-order chi connectivity index (χ0) is 13.4. The third kappa shape index (κ3) is 2.47. The van der Waals surface area contributed by atoms with Crippen molar-refractivity contribution in [2.45, 2.75) is 25.5 Å². The summed E-state index contributed by atoms with van der Waals surface area (Å²) in [5.74, 6) is 0.566. The van der Waals surface area contributed by atoms with E-state index in [0.29, 0.717) is 18.1 Å². The van der Waals surface area contributed by atoms with Crippen LogP contribution in [-0.2, 0) is 4.74 Å². The van der Waals surface area contributed by atoms with Crippen LogP contribution in [0.15, 0.2) is 28.1 Å². The first-order valence-corrected chi connectivity index (χ1v) is 8.32. The SMILES string of the molecule is CNC(c1csc2c(Br)cccc12)C1COC(C)C1. The van der Waals surface area contributed by atoms with E-state index in [1.807, 2.05) is 11.3 Å². The minimum Gasteiger partial charge on any atom is -0.378 e. The summed E-state index contributed by atoms with van der Waals surface area (Å²) < 4.78 is 8.26. The van der Waals surface area contributed by atoms with Crippen molar-refractivity contribution in [3.05, 3.63) is 33.6 Å². The van der Waals surface area contributed by atoms with Crippen LogP contribution in [0.1, 0.15) is 24.9 Å². The minimum absolute atomic E-state index is 0.382. The molecule has 1 aromatic carbocycles. The van der Waals surface area contributed by atoms with Gasteiger partial charge in [0.25, 0.3) is 0 Å². The van der Waals surface area contributed by atoms with Crippen molar-refractivity contribution >= 4 is 37.4 Å². The first kappa shape index (κ1) is 13.6. The smallest absolute Gasteiger partial charge is 0.0551 e. The predicted octanol–water partition coefficient (Wildman–Crippen LogP) is 4.35. The second-order valence-corrected chi connectivity index (χ2v) is 6.95. The largest absolute Gasteiger partial charge is 0.378 e. The standard InChI is InChI=1S/C15H18BrNOS/c1-9-6-10(7-18-9)14(17-2)12-8-19-15-11(12)4-3-5-13(15)16/h3-5,8-10,14,17H,6-7H2,1-2H3. The normalized spacial score (nSPS) is 25.0. The number of benzene rings is 1. The molecule has 4 heteroatoms. The highest BCUT2D eigenvalue weighted by atomic mass is 79.9. The van der Waals surface area contributed by atoms with Crippen molar-refractivity contribution in [2.24, 2.45) is 5.92 Å². The minimum atomic E-state index is 0.382. The number of rotatable bonds is 3. The Labute approximate surface area is 126 Å². The van der Waals surface area contributed by atoms with Crippen molar-refractivity contribution in [1.82, 2.24) is 5.32 Å². The van der Waals surface area contributed by atoms with Crippen LogP contribution in [0.2, 0.25) is 0 Å². The highest BCUT2D eigenvalue weighted by molar-refractivity contribution is 9.10. The Morgan fingerprint density at radius 3 is 3.00 bits per heavy atom. The predicted molar refractivity (Wildman–Crippen MR) is 84.8 cm³/mol. The van der Waals surface area contributed by atoms with Crippen molar-refractivity contribution in [2.75, 3.05) is 13.7 Å². The molecule has 0 amide bonds. The second-order valence-electron chi connectivity index (χ2n) is 5.21. The van der Waals surface area contributed by atoms with Gasteiger partial charge in [-0.15, -0.1) is 11.3 Å². The highest BCUT2D eigenvalue weighted by Crippen LogP contribution is 2.39. The van der Waals surface area contributed by atoms with E-state index in [9.17, 15) is 0 Å². The van der Waals surface area contributed by atoms with Crippen LogP contribution in [-0.4, -0.2) is 19.8 Å². The lowest BCUT2D eigenvalue weighted by atomic mass is 9.91. The Morgan fingerprint density at radius 1 is 1.47 bits per heavy atom. The van der Waals surface area contributed by atoms with Crippen LogP contribution in [0.25, 0.3) is 10.1 Å². The summed E-state index contributed by atoms with van der Waals surface area (Å²) in [5, 5.41) is 7.14. The molecule has 1 aliphatic rings. The van der Waals surface area contributed by atoms with Gasteiger partial charge >= 0.3 is 0 Å². The van der Waals surface area contributed by atoms with Gasteiger partial charge in [-0.3, -0.25) is 0 Å². The maximum Gasteiger partial charge on any atom is 0.0551 e. The molecule has 0 aliphatic carbocycles. The van der Waals surface area contributed by atoms with Gasteiger partial charge in [0.2, 0.25) is 0 Å². The lowest BCUT2D eigenvalue weighted by Gasteiger charge is -2.21. The topological polar surface area (TPSA) is 21.3 Å². The van der Waals surface area contributed by atoms with Crippen molar-refractivity contribution in [1.29, 1.82) is 0 Å². The maximum atomic E-state index is 5.74. The number of hydrogen-bond donors (Lipinski definition) is 1. The van der Waals surface area contributed by atoms with Gasteiger partial charge in [-0.25, -0.2) is 0 Å². The van der Waals surface area contributed by atoms with Crippen LogP contribution < -0.4 is 5.32 Å². The lowest BCUT2D eigenvalue weighted by molar-refractivity contribution is 0.117. The molecule has 1 aliphatic heterocycles. The second kappa shape index (κ2) is 5.52. The summed E-state index contributed by atoms with van der Waals surface area (Å²) in [6.45, 7) is 3.02. The van der Waals surface area contributed by atoms with Crippen LogP contribution >= 0.6 is 27.3 Å². The summed E-state index contributed by atoms with van der Waals surface area (Å²) in [6, 6.07) is 6.82. The van der Waals surface area contributed by atoms with Crippen molar-refractivity contribution in [3.63, 3.8) is 0 Å². The fourth-order valence-corrected chi connectivity index (χ4v) is 4.67. The van der Waals surface area contributed by atoms with Crippen LogP contribution in [0.5, 0.6) is 0 Å². The fraction of sp³-hybridized carbons (Fsp3) is 0.467. The van der Waals surface area contributed by atoms with E-state index in [0.717, 1.165) is 13.0 Å². The van der Waals surface area contributed by atoms with Crippen molar-refractivity contribution in [3.8, 4) is 0 Å². The van der Waals surface area contributed by atoms with E-state index in [2.05, 4.69) is 58.8 Å². The first-order chi connectivity index (χ1) is 9.20. The van der Waals surface area contributed by atoms with E-state index in [1.54, 1.807) is 0 Å². The third-order valence-electron chi connectivity index (χ3n) is 3.93. The molecular weight excluding hydrogens is 322 g/mol. The zero-order valence-electron chi connectivity index (χ0n) is 11.2. The van der Waals surface area contributed by atoms with Crippen LogP contribution in [0, 0.1) is 5.92 Å². The van der Waals surface area contributed by atoms with Gasteiger partial charge in [-0.2, -0.15) is 0 Å². The van der Waals surface area contributed by atoms with Gasteiger partial charge in [0.15, 0.2) is 0 Å². The monoisotopic (exact) mass is 339 g/mol. The summed E-state index contributed by atoms with van der Waals surface area (Å²) >= 11 is 5.46. The van der Waals surface area contributed by atoms with Crippen molar-refractivity contribution < 1.29 is 4.74 Å². The molecule has 102 valence electrons. The van der Waals surface area contributed by atoms with E-state index >= 15 is 0 Å². The number of nitrogens with one attached hydrogen (secondary N) is 1. The average Bonchev–Trinajstić information content (AvgIpc) is 2.99. The molecule has 2 aromatic rings. The quantitative estimate of drug-likeness (QED) is 0.897. The molecule has 3 unspecified atom stereocenters. The van der Waals surface area contributed by atoms with E-state index in [-0.39, 0.29) is 0 Å². The Kier molecular flexibility index (Phi) is 3.94. The Morgan fingerprint density at radius 2 is 2.32 bits per heavy atom. The molecule has 2 nitrogen and oxygen atoms in total. The highest BCUT2D eigenvalue weighted by Gasteiger charge is 2.31. The molecule has 19 heavy (non-hydrogen) atoms. The van der Waals surface area contributed by atoms with Gasteiger partial charge in [0.05, 0.1) is 12.7 Å². The van der Waals surface area contributed by atoms with Gasteiger partial charge in [0, 0.05) is 21.1 Å². The Hall–Kier alpha value is -0.420. The fourth-order valence-electron chi connectivity index (χ4n) is 3.01. The number of hydrogen-bond acceptors (Lipinski definition) is 3. The summed E-state index contributed by atoms with van der Waals surface area (Å²) in [5.41, 5.74) is 1.41. The molecular formula is C15H18BrNOS. The van der Waals surface area contributed by atoms with Crippen LogP contribution in [0.4, 0.5) is 0 Å². The zero-order valence-corrected chi connectivity index (χ0v) is 13.6. The van der Waals surface area contributed by atoms with Crippen LogP contribution in [0.3, 0.4) is 0 Å². The molecule has 0 bridgehead atoms. The molecule has 1 aromatic heterocycles. The average molecular weight is 340 g/mol. The summed E-state index contributed by atoms with van der Waals surface area (Å²) in [6.07, 6.45) is 1.52. The first-order valence-electron chi connectivity index (χ1n) is 6.65. The summed E-state index contributed by atoms with van der Waals surface area (Å²) in [7, 11) is 2.05. The Bertz CT molecular complexity index is 583. The van der Waals surface area contributed by atoms with E-state index in [4.69, 9.17) is 4.74 Å². The van der Waals surface area contributed by atoms with Gasteiger partial charge in [-0.05, 0) is 58.7 Å². The number of thiophene rings is 1. The lowest BCUT2D eigenvalue weighted by Crippen LogP contribution is -2.25. The third-order valence-corrected chi connectivity index (χ3v) is 5.90. The van der Waals surface area contributed by atoms with Gasteiger partial charge in [-0.1, -0.05) is 12.1 Å². The van der Waals surface area contributed by atoms with E-state index < -0.39 is 0 Å². The molecule has 0 saturated carbocycles. The van der Waals surface area contributed by atoms with Gasteiger partial charge in [0.1, 0.15) is 0 Å². The number of halogens is 1. The number of fused-ring (bicyclic) bond motifs is 1. The molecule has 3 atom stereocenters. The Balaban J connectivity index is 2.00. The molecule has 0 spiro atoms. The molecule has 2 heterocycles. The molecule has 1 saturated heterocycles. The summed E-state index contributed by atoms with van der Waals surface area (Å²) in [4.78, 5) is 0. The molecule has 0 radical (unpaired) electrons. The van der Waals surface area contributed by atoms with Gasteiger partial charge < -0.3 is 10.1 Å². The van der Waals surface area contributed by atoms with E-state index in [1.165, 1.54) is 20.1 Å². The molecule has 3 rings (SSSR count). The number of ether oxygens (including phenoxy) is 1.